The average Bonchev–Trinajstić information content (AvgIpc) is 2.83. The van der Waals surface area contributed by atoms with Crippen molar-refractivity contribution in [3.63, 3.8) is 0 Å². The molecule has 1 heterocycles. The molecule has 1 unspecified atom stereocenters. The highest BCUT2D eigenvalue weighted by Crippen LogP contribution is 2.37. The molecule has 1 rings (SSSR count). The van der Waals surface area contributed by atoms with Crippen LogP contribution < -0.4 is 10.9 Å². The third-order valence-corrected chi connectivity index (χ3v) is 10.5. The van der Waals surface area contributed by atoms with Crippen LogP contribution in [0.3, 0.4) is 0 Å². The van der Waals surface area contributed by atoms with Crippen molar-refractivity contribution < 1.29 is 23.5 Å². The van der Waals surface area contributed by atoms with Crippen LogP contribution in [0.25, 0.3) is 0 Å². The van der Waals surface area contributed by atoms with Crippen molar-refractivity contribution in [2.45, 2.75) is 104 Å². The molecule has 1 aromatic heterocycles. The van der Waals surface area contributed by atoms with Gasteiger partial charge in [-0.15, -0.1) is 4.99 Å². The van der Waals surface area contributed by atoms with Crippen LogP contribution in [0.2, 0.25) is 18.1 Å². The fraction of sp³-hybridized carbons (Fsp3) is 0.783. The Labute approximate surface area is 213 Å². The highest BCUT2D eigenvalue weighted by molar-refractivity contribution is 9.10. The Balaban J connectivity index is 3.28. The summed E-state index contributed by atoms with van der Waals surface area (Å²) < 4.78 is 21.7. The number of hydrogen-bond acceptors (Lipinski definition) is 5. The van der Waals surface area contributed by atoms with Crippen LogP contribution >= 0.6 is 15.9 Å². The Bertz CT molecular complexity index is 933. The molecule has 196 valence electrons. The van der Waals surface area contributed by atoms with Gasteiger partial charge in [-0.05, 0) is 75.6 Å². The molecule has 0 bridgehead atoms. The van der Waals surface area contributed by atoms with Gasteiger partial charge in [-0.1, -0.05) is 20.8 Å². The van der Waals surface area contributed by atoms with Gasteiger partial charge in [0.05, 0.1) is 12.6 Å². The lowest BCUT2D eigenvalue weighted by molar-refractivity contribution is 0.0489. The van der Waals surface area contributed by atoms with E-state index in [-0.39, 0.29) is 17.7 Å². The Morgan fingerprint density at radius 2 is 1.59 bits per heavy atom. The molecule has 9 nitrogen and oxygen atoms in total. The monoisotopic (exact) mass is 562 g/mol. The zero-order valence-electron chi connectivity index (χ0n) is 22.8. The lowest BCUT2D eigenvalue weighted by atomic mass is 10.2. The van der Waals surface area contributed by atoms with Crippen molar-refractivity contribution in [3.8, 4) is 0 Å². The minimum atomic E-state index is -2.17. The normalized spacial score (nSPS) is 14.7. The summed E-state index contributed by atoms with van der Waals surface area (Å²) in [5, 5.41) is 2.80. The van der Waals surface area contributed by atoms with E-state index in [0.717, 1.165) is 4.60 Å². The zero-order chi connectivity index (χ0) is 26.7. The average molecular weight is 564 g/mol. The van der Waals surface area contributed by atoms with Gasteiger partial charge in [-0.2, -0.15) is 0 Å². The molecule has 2 amide bonds. The van der Waals surface area contributed by atoms with E-state index in [1.165, 1.54) is 0 Å². The summed E-state index contributed by atoms with van der Waals surface area (Å²) in [6, 6.07) is 0. The van der Waals surface area contributed by atoms with Crippen LogP contribution in [0.4, 0.5) is 9.59 Å². The second kappa shape index (κ2) is 11.0. The van der Waals surface area contributed by atoms with E-state index < -0.39 is 31.7 Å². The van der Waals surface area contributed by atoms with E-state index in [2.05, 4.69) is 60.1 Å². The summed E-state index contributed by atoms with van der Waals surface area (Å²) in [6.45, 7) is 22.2. The second-order valence-corrected chi connectivity index (χ2v) is 17.5. The number of nitrogens with zero attached hydrogens (tertiary/aromatic N) is 3. The molecular formula is C23H43BrN4O5Si. The molecular weight excluding hydrogens is 520 g/mol. The van der Waals surface area contributed by atoms with Gasteiger partial charge in [0.1, 0.15) is 15.8 Å². The lowest BCUT2D eigenvalue weighted by Crippen LogP contribution is -2.49. The van der Waals surface area contributed by atoms with Gasteiger partial charge in [-0.25, -0.2) is 9.59 Å². The van der Waals surface area contributed by atoms with Crippen molar-refractivity contribution in [2.75, 3.05) is 6.54 Å². The maximum atomic E-state index is 12.4. The SMILES string of the molecule is Cn1c(Br)cn(CC(CNC(=O)OC(C)(C)C)O[Si](C)(C)C(C)(C)C)c1=NC(=O)OC(C)(C)C. The number of amides is 2. The summed E-state index contributed by atoms with van der Waals surface area (Å²) in [6.07, 6.45) is 0.275. The maximum absolute atomic E-state index is 12.4. The minimum Gasteiger partial charge on any atom is -0.444 e. The Kier molecular flexibility index (Phi) is 9.84. The summed E-state index contributed by atoms with van der Waals surface area (Å²) in [5.41, 5.74) is -0.848. The Hall–Kier alpha value is -1.59. The molecule has 0 saturated heterocycles. The lowest BCUT2D eigenvalue weighted by Gasteiger charge is -2.39. The van der Waals surface area contributed by atoms with Gasteiger partial charge in [0, 0.05) is 19.8 Å². The maximum Gasteiger partial charge on any atom is 0.437 e. The number of hydrogen-bond donors (Lipinski definition) is 1. The number of nitrogens with one attached hydrogen (secondary N) is 1. The summed E-state index contributed by atoms with van der Waals surface area (Å²) >= 11 is 3.50. The van der Waals surface area contributed by atoms with E-state index in [0.29, 0.717) is 12.2 Å². The van der Waals surface area contributed by atoms with Crippen LogP contribution in [0, 0.1) is 0 Å². The van der Waals surface area contributed by atoms with E-state index in [9.17, 15) is 9.59 Å². The first kappa shape index (κ1) is 30.4. The number of rotatable bonds is 6. The van der Waals surface area contributed by atoms with Crippen molar-refractivity contribution in [3.05, 3.63) is 16.4 Å². The van der Waals surface area contributed by atoms with Gasteiger partial charge in [-0.3, -0.25) is 0 Å². The summed E-state index contributed by atoms with van der Waals surface area (Å²) in [7, 11) is -0.377. The molecule has 1 aromatic rings. The molecule has 0 fully saturated rings. The fourth-order valence-electron chi connectivity index (χ4n) is 2.67. The first-order valence-corrected chi connectivity index (χ1v) is 15.2. The van der Waals surface area contributed by atoms with Crippen molar-refractivity contribution in [1.82, 2.24) is 14.5 Å². The molecule has 0 aliphatic heterocycles. The van der Waals surface area contributed by atoms with E-state index in [1.807, 2.05) is 31.5 Å². The number of alkyl carbamates (subject to hydrolysis) is 1. The molecule has 11 heteroatoms. The number of carbonyl (C=O) groups excluding carboxylic acids is 2. The van der Waals surface area contributed by atoms with Crippen molar-refractivity contribution >= 4 is 36.4 Å². The quantitative estimate of drug-likeness (QED) is 0.472. The van der Waals surface area contributed by atoms with Crippen molar-refractivity contribution in [2.24, 2.45) is 12.0 Å². The molecule has 0 aliphatic rings. The van der Waals surface area contributed by atoms with Gasteiger partial charge in [0.15, 0.2) is 8.32 Å². The Morgan fingerprint density at radius 3 is 2.06 bits per heavy atom. The van der Waals surface area contributed by atoms with Gasteiger partial charge in [0.2, 0.25) is 5.62 Å². The fourth-order valence-corrected chi connectivity index (χ4v) is 4.42. The first-order valence-electron chi connectivity index (χ1n) is 11.5. The molecule has 1 atom stereocenters. The highest BCUT2D eigenvalue weighted by Gasteiger charge is 2.39. The molecule has 0 aliphatic carbocycles. The predicted molar refractivity (Wildman–Crippen MR) is 139 cm³/mol. The summed E-state index contributed by atoms with van der Waals surface area (Å²) in [5.74, 6) is 0. The Morgan fingerprint density at radius 1 is 1.06 bits per heavy atom. The second-order valence-electron chi connectivity index (χ2n) is 11.9. The summed E-state index contributed by atoms with van der Waals surface area (Å²) in [4.78, 5) is 28.9. The molecule has 0 radical (unpaired) electrons. The van der Waals surface area contributed by atoms with Gasteiger partial charge in [0.25, 0.3) is 0 Å². The zero-order valence-corrected chi connectivity index (χ0v) is 25.4. The standard InChI is InChI=1S/C23H43BrN4O5Si/c1-21(2,3)31-19(29)25-13-16(33-34(11,12)23(7,8)9)14-28-15-17(24)27(10)18(28)26-20(30)32-22(4,5)6/h15-16H,13-14H2,1-12H3,(H,25,29). The molecule has 0 aromatic carbocycles. The van der Waals surface area contributed by atoms with Crippen LogP contribution in [0.15, 0.2) is 15.8 Å². The van der Waals surface area contributed by atoms with Gasteiger partial charge >= 0.3 is 12.2 Å². The smallest absolute Gasteiger partial charge is 0.437 e. The van der Waals surface area contributed by atoms with Crippen LogP contribution in [-0.2, 0) is 27.5 Å². The molecule has 0 spiro atoms. The topological polar surface area (TPSA) is 96.1 Å². The largest absolute Gasteiger partial charge is 0.444 e. The third-order valence-electron chi connectivity index (χ3n) is 5.27. The number of halogens is 1. The predicted octanol–water partition coefficient (Wildman–Crippen LogP) is 5.34. The first-order chi connectivity index (χ1) is 15.1. The van der Waals surface area contributed by atoms with E-state index >= 15 is 0 Å². The van der Waals surface area contributed by atoms with Crippen molar-refractivity contribution in [1.29, 1.82) is 0 Å². The van der Waals surface area contributed by atoms with Gasteiger partial charge < -0.3 is 28.4 Å². The molecule has 1 N–H and O–H groups in total. The number of carbonyl (C=O) groups is 2. The van der Waals surface area contributed by atoms with Crippen LogP contribution in [-0.4, -0.2) is 53.5 Å². The number of aromatic nitrogens is 2. The third kappa shape index (κ3) is 9.95. The van der Waals surface area contributed by atoms with Crippen LogP contribution in [0.5, 0.6) is 0 Å². The number of ether oxygens (including phenoxy) is 2. The van der Waals surface area contributed by atoms with E-state index in [4.69, 9.17) is 13.9 Å². The minimum absolute atomic E-state index is 0.0250. The molecule has 34 heavy (non-hydrogen) atoms. The van der Waals surface area contributed by atoms with Crippen LogP contribution in [0.1, 0.15) is 62.3 Å². The van der Waals surface area contributed by atoms with E-state index in [1.54, 1.807) is 32.4 Å². The number of imidazole rings is 1. The highest BCUT2D eigenvalue weighted by atomic mass is 79.9. The molecule has 0 saturated carbocycles.